The van der Waals surface area contributed by atoms with E-state index < -0.39 is 10.0 Å². The number of nitrogens with zero attached hydrogens (tertiary/aromatic N) is 1. The van der Waals surface area contributed by atoms with Gasteiger partial charge in [-0.2, -0.15) is 0 Å². The van der Waals surface area contributed by atoms with Crippen molar-refractivity contribution in [1.82, 2.24) is 4.98 Å². The monoisotopic (exact) mass is 302 g/mol. The summed E-state index contributed by atoms with van der Waals surface area (Å²) in [6.07, 6.45) is 1.15. The summed E-state index contributed by atoms with van der Waals surface area (Å²) in [4.78, 5) is 3.66. The van der Waals surface area contributed by atoms with Gasteiger partial charge in [-0.05, 0) is 18.2 Å². The van der Waals surface area contributed by atoms with Crippen molar-refractivity contribution in [3.8, 4) is 0 Å². The van der Waals surface area contributed by atoms with Crippen LogP contribution in [0.1, 0.15) is 0 Å². The van der Waals surface area contributed by atoms with Gasteiger partial charge in [0.15, 0.2) is 0 Å². The summed E-state index contributed by atoms with van der Waals surface area (Å²) in [5.41, 5.74) is 0.462. The molecule has 94 valence electrons. The molecule has 1 N–H and O–H groups in total. The highest BCUT2D eigenvalue weighted by molar-refractivity contribution is 7.92. The fraction of sp³-hybridized carbons (Fsp3) is 0. The highest BCUT2D eigenvalue weighted by Crippen LogP contribution is 2.23. The number of anilines is 1. The summed E-state index contributed by atoms with van der Waals surface area (Å²) < 4.78 is 26.4. The van der Waals surface area contributed by atoms with Crippen LogP contribution in [-0.4, -0.2) is 13.4 Å². The lowest BCUT2D eigenvalue weighted by Crippen LogP contribution is -2.13. The highest BCUT2D eigenvalue weighted by atomic mass is 35.5. The first kappa shape index (κ1) is 13.1. The minimum atomic E-state index is -3.71. The lowest BCUT2D eigenvalue weighted by Gasteiger charge is -2.08. The zero-order valence-electron chi connectivity index (χ0n) is 8.97. The summed E-state index contributed by atoms with van der Waals surface area (Å²) in [6.45, 7) is 0. The summed E-state index contributed by atoms with van der Waals surface area (Å²) in [5, 5.41) is 0.155. The van der Waals surface area contributed by atoms with Crippen LogP contribution >= 0.6 is 23.2 Å². The first-order valence-corrected chi connectivity index (χ1v) is 7.12. The minimum absolute atomic E-state index is 0.0410. The molecule has 0 amide bonds. The molecule has 18 heavy (non-hydrogen) atoms. The lowest BCUT2D eigenvalue weighted by atomic mass is 10.3. The van der Waals surface area contributed by atoms with Gasteiger partial charge in [-0.25, -0.2) is 13.4 Å². The third-order valence-corrected chi connectivity index (χ3v) is 4.14. The van der Waals surface area contributed by atoms with E-state index in [2.05, 4.69) is 9.71 Å². The Morgan fingerprint density at radius 1 is 1.11 bits per heavy atom. The molecule has 0 aliphatic rings. The molecule has 1 heterocycles. The van der Waals surface area contributed by atoms with E-state index in [0.29, 0.717) is 5.69 Å². The normalized spacial score (nSPS) is 11.2. The molecule has 0 atom stereocenters. The summed E-state index contributed by atoms with van der Waals surface area (Å²) in [7, 11) is -3.71. The molecule has 2 aromatic rings. The van der Waals surface area contributed by atoms with E-state index in [1.165, 1.54) is 6.07 Å². The van der Waals surface area contributed by atoms with E-state index in [-0.39, 0.29) is 15.1 Å². The van der Waals surface area contributed by atoms with Crippen LogP contribution in [0.15, 0.2) is 47.5 Å². The SMILES string of the molecule is O=S(=O)(Nc1ccccc1)c1cnc(Cl)c(Cl)c1. The summed E-state index contributed by atoms with van der Waals surface area (Å²) in [6, 6.07) is 9.78. The van der Waals surface area contributed by atoms with Gasteiger partial charge in [0.1, 0.15) is 10.0 Å². The topological polar surface area (TPSA) is 59.1 Å². The van der Waals surface area contributed by atoms with Crippen molar-refractivity contribution < 1.29 is 8.42 Å². The first-order valence-electron chi connectivity index (χ1n) is 4.88. The van der Waals surface area contributed by atoms with Crippen LogP contribution in [-0.2, 0) is 10.0 Å². The van der Waals surface area contributed by atoms with Crippen LogP contribution in [0.2, 0.25) is 10.2 Å². The Bertz CT molecular complexity index is 660. The van der Waals surface area contributed by atoms with Crippen molar-refractivity contribution in [1.29, 1.82) is 0 Å². The molecule has 1 aromatic carbocycles. The highest BCUT2D eigenvalue weighted by Gasteiger charge is 2.16. The fourth-order valence-corrected chi connectivity index (χ4v) is 2.63. The zero-order chi connectivity index (χ0) is 13.2. The number of rotatable bonds is 3. The standard InChI is InChI=1S/C11H8Cl2N2O2S/c12-10-6-9(7-14-11(10)13)18(16,17)15-8-4-2-1-3-5-8/h1-7,15H. The average molecular weight is 303 g/mol. The molecule has 0 bridgehead atoms. The lowest BCUT2D eigenvalue weighted by molar-refractivity contribution is 0.601. The second-order valence-corrected chi connectivity index (χ2v) is 5.86. The van der Waals surface area contributed by atoms with Crippen molar-refractivity contribution in [3.05, 3.63) is 52.8 Å². The third kappa shape index (κ3) is 2.93. The largest absolute Gasteiger partial charge is 0.280 e. The minimum Gasteiger partial charge on any atom is -0.280 e. The summed E-state index contributed by atoms with van der Waals surface area (Å²) in [5.74, 6) is 0. The van der Waals surface area contributed by atoms with Gasteiger partial charge in [-0.1, -0.05) is 41.4 Å². The van der Waals surface area contributed by atoms with Crippen LogP contribution < -0.4 is 4.72 Å². The van der Waals surface area contributed by atoms with E-state index in [1.807, 2.05) is 0 Å². The van der Waals surface area contributed by atoms with Crippen molar-refractivity contribution in [3.63, 3.8) is 0 Å². The van der Waals surface area contributed by atoms with Gasteiger partial charge in [-0.15, -0.1) is 0 Å². The predicted molar refractivity (Wildman–Crippen MR) is 71.5 cm³/mol. The molecular formula is C11H8Cl2N2O2S. The molecule has 0 unspecified atom stereocenters. The predicted octanol–water partition coefficient (Wildman–Crippen LogP) is 3.19. The molecule has 7 heteroatoms. The Kier molecular flexibility index (Phi) is 3.75. The van der Waals surface area contributed by atoms with Crippen LogP contribution in [0, 0.1) is 0 Å². The number of aromatic nitrogens is 1. The smallest absolute Gasteiger partial charge is 0.263 e. The van der Waals surface area contributed by atoms with E-state index in [9.17, 15) is 8.42 Å². The molecule has 0 aliphatic carbocycles. The van der Waals surface area contributed by atoms with Crippen LogP contribution in [0.5, 0.6) is 0 Å². The van der Waals surface area contributed by atoms with Crippen molar-refractivity contribution in [2.24, 2.45) is 0 Å². The number of sulfonamides is 1. The number of pyridine rings is 1. The van der Waals surface area contributed by atoms with E-state index in [4.69, 9.17) is 23.2 Å². The Balaban J connectivity index is 2.34. The molecule has 0 spiro atoms. The Labute approximate surface area is 115 Å². The van der Waals surface area contributed by atoms with Gasteiger partial charge in [0.05, 0.1) is 5.02 Å². The van der Waals surface area contributed by atoms with E-state index in [1.54, 1.807) is 30.3 Å². The molecule has 0 radical (unpaired) electrons. The van der Waals surface area contributed by atoms with Gasteiger partial charge >= 0.3 is 0 Å². The number of para-hydroxylation sites is 1. The first-order chi connectivity index (χ1) is 8.49. The number of nitrogens with one attached hydrogen (secondary N) is 1. The Morgan fingerprint density at radius 3 is 2.39 bits per heavy atom. The molecule has 0 aliphatic heterocycles. The molecule has 1 aromatic heterocycles. The van der Waals surface area contributed by atoms with Crippen LogP contribution in [0.4, 0.5) is 5.69 Å². The van der Waals surface area contributed by atoms with Gasteiger partial charge in [0, 0.05) is 11.9 Å². The molecular weight excluding hydrogens is 295 g/mol. The van der Waals surface area contributed by atoms with Crippen molar-refractivity contribution in [2.45, 2.75) is 4.90 Å². The second-order valence-electron chi connectivity index (χ2n) is 3.42. The number of halogens is 2. The van der Waals surface area contributed by atoms with E-state index in [0.717, 1.165) is 6.20 Å². The van der Waals surface area contributed by atoms with Crippen molar-refractivity contribution >= 4 is 38.9 Å². The Hall–Kier alpha value is -1.30. The maximum Gasteiger partial charge on any atom is 0.263 e. The van der Waals surface area contributed by atoms with E-state index >= 15 is 0 Å². The molecule has 0 fully saturated rings. The number of hydrogen-bond donors (Lipinski definition) is 1. The third-order valence-electron chi connectivity index (χ3n) is 2.11. The van der Waals surface area contributed by atoms with Gasteiger partial charge < -0.3 is 0 Å². The molecule has 0 saturated heterocycles. The molecule has 4 nitrogen and oxygen atoms in total. The maximum atomic E-state index is 12.0. The second kappa shape index (κ2) is 5.14. The van der Waals surface area contributed by atoms with Gasteiger partial charge in [-0.3, -0.25) is 4.72 Å². The quantitative estimate of drug-likeness (QED) is 0.886. The number of benzene rings is 1. The van der Waals surface area contributed by atoms with Crippen LogP contribution in [0.25, 0.3) is 0 Å². The maximum absolute atomic E-state index is 12.0. The average Bonchev–Trinajstić information content (AvgIpc) is 2.33. The molecule has 0 saturated carbocycles. The number of hydrogen-bond acceptors (Lipinski definition) is 3. The molecule has 2 rings (SSSR count). The summed E-state index contributed by atoms with van der Waals surface area (Å²) >= 11 is 11.4. The Morgan fingerprint density at radius 2 is 1.78 bits per heavy atom. The van der Waals surface area contributed by atoms with Crippen molar-refractivity contribution in [2.75, 3.05) is 4.72 Å². The van der Waals surface area contributed by atoms with Gasteiger partial charge in [0.25, 0.3) is 10.0 Å². The zero-order valence-corrected chi connectivity index (χ0v) is 11.3. The fourth-order valence-electron chi connectivity index (χ4n) is 1.27. The van der Waals surface area contributed by atoms with Crippen LogP contribution in [0.3, 0.4) is 0 Å². The van der Waals surface area contributed by atoms with Gasteiger partial charge in [0.2, 0.25) is 0 Å².